The maximum Gasteiger partial charge on any atom is 0.337 e. The summed E-state index contributed by atoms with van der Waals surface area (Å²) in [6.07, 6.45) is 0. The molecule has 1 aromatic heterocycles. The number of thiocarbonyl (C=S) groups is 1. The number of hydrogen-bond acceptors (Lipinski definition) is 4. The summed E-state index contributed by atoms with van der Waals surface area (Å²) in [4.78, 5) is 13.0. The molecule has 1 aliphatic heterocycles. The van der Waals surface area contributed by atoms with Crippen LogP contribution in [0, 0.1) is 6.92 Å². The van der Waals surface area contributed by atoms with Crippen molar-refractivity contribution < 1.29 is 9.53 Å². The fourth-order valence-corrected chi connectivity index (χ4v) is 3.21. The Kier molecular flexibility index (Phi) is 3.68. The van der Waals surface area contributed by atoms with Gasteiger partial charge in [-0.05, 0) is 43.1 Å². The van der Waals surface area contributed by atoms with Crippen LogP contribution in [-0.4, -0.2) is 18.2 Å². The van der Waals surface area contributed by atoms with Gasteiger partial charge in [0, 0.05) is 10.6 Å². The third-order valence-electron chi connectivity index (χ3n) is 2.84. The molecule has 2 N–H and O–H groups in total. The minimum absolute atomic E-state index is 0.230. The number of carbonyl (C=O) groups is 1. The van der Waals surface area contributed by atoms with Crippen molar-refractivity contribution in [3.63, 3.8) is 0 Å². The first-order valence-corrected chi connectivity index (χ1v) is 6.74. The maximum atomic E-state index is 11.9. The van der Waals surface area contributed by atoms with Crippen molar-refractivity contribution in [1.82, 2.24) is 10.6 Å². The zero-order valence-corrected chi connectivity index (χ0v) is 12.0. The van der Waals surface area contributed by atoms with E-state index >= 15 is 0 Å². The molecule has 0 aliphatic carbocycles. The Morgan fingerprint density at radius 2 is 2.22 bits per heavy atom. The number of aryl methyl sites for hydroxylation is 1. The van der Waals surface area contributed by atoms with Crippen molar-refractivity contribution in [3.8, 4) is 0 Å². The Labute approximate surface area is 115 Å². The van der Waals surface area contributed by atoms with Gasteiger partial charge in [-0.3, -0.25) is 0 Å². The first-order valence-electron chi connectivity index (χ1n) is 5.45. The van der Waals surface area contributed by atoms with Crippen LogP contribution in [0.5, 0.6) is 0 Å². The van der Waals surface area contributed by atoms with E-state index in [4.69, 9.17) is 17.0 Å². The topological polar surface area (TPSA) is 50.4 Å². The van der Waals surface area contributed by atoms with Crippen molar-refractivity contribution in [2.75, 3.05) is 7.11 Å². The van der Waals surface area contributed by atoms with E-state index in [1.165, 1.54) is 7.11 Å². The molecule has 18 heavy (non-hydrogen) atoms. The van der Waals surface area contributed by atoms with E-state index in [0.717, 1.165) is 16.1 Å². The monoisotopic (exact) mass is 282 g/mol. The maximum absolute atomic E-state index is 11.9. The normalized spacial score (nSPS) is 19.3. The average Bonchev–Trinajstić information content (AvgIpc) is 2.73. The number of allylic oxidation sites excluding steroid dienone is 1. The largest absolute Gasteiger partial charge is 0.466 e. The molecule has 1 aliphatic rings. The van der Waals surface area contributed by atoms with Crippen LogP contribution in [0.1, 0.15) is 23.4 Å². The molecular formula is C12H14N2O2S2. The molecule has 0 radical (unpaired) electrons. The van der Waals surface area contributed by atoms with E-state index in [-0.39, 0.29) is 12.0 Å². The van der Waals surface area contributed by atoms with Crippen molar-refractivity contribution >= 4 is 34.6 Å². The van der Waals surface area contributed by atoms with Gasteiger partial charge < -0.3 is 15.4 Å². The first kappa shape index (κ1) is 13.0. The number of nitrogens with one attached hydrogen (secondary N) is 2. The number of thiophene rings is 1. The van der Waals surface area contributed by atoms with Crippen LogP contribution in [0.3, 0.4) is 0 Å². The van der Waals surface area contributed by atoms with Gasteiger partial charge in [-0.25, -0.2) is 4.79 Å². The zero-order chi connectivity index (χ0) is 13.3. The zero-order valence-electron chi connectivity index (χ0n) is 10.4. The fraction of sp³-hybridized carbons (Fsp3) is 0.333. The van der Waals surface area contributed by atoms with Gasteiger partial charge in [-0.1, -0.05) is 0 Å². The van der Waals surface area contributed by atoms with Gasteiger partial charge in [-0.2, -0.15) is 0 Å². The third kappa shape index (κ3) is 2.26. The Bertz CT molecular complexity index is 534. The fourth-order valence-electron chi connectivity index (χ4n) is 1.95. The number of hydrogen-bond donors (Lipinski definition) is 2. The van der Waals surface area contributed by atoms with Crippen LogP contribution in [-0.2, 0) is 9.53 Å². The summed E-state index contributed by atoms with van der Waals surface area (Å²) >= 11 is 6.75. The van der Waals surface area contributed by atoms with Gasteiger partial charge in [0.05, 0.1) is 18.7 Å². The predicted molar refractivity (Wildman–Crippen MR) is 75.4 cm³/mol. The number of esters is 1. The predicted octanol–water partition coefficient (Wildman–Crippen LogP) is 2.02. The van der Waals surface area contributed by atoms with Crippen LogP contribution in [0.2, 0.25) is 0 Å². The van der Waals surface area contributed by atoms with E-state index in [0.29, 0.717) is 10.7 Å². The Hall–Kier alpha value is -1.40. The molecule has 4 nitrogen and oxygen atoms in total. The highest BCUT2D eigenvalue weighted by molar-refractivity contribution is 7.80. The molecule has 1 atom stereocenters. The van der Waals surface area contributed by atoms with Gasteiger partial charge in [0.2, 0.25) is 0 Å². The molecule has 0 spiro atoms. The minimum Gasteiger partial charge on any atom is -0.466 e. The molecule has 0 unspecified atom stereocenters. The van der Waals surface area contributed by atoms with Gasteiger partial charge in [-0.15, -0.1) is 11.3 Å². The van der Waals surface area contributed by atoms with Crippen LogP contribution in [0.15, 0.2) is 22.7 Å². The Morgan fingerprint density at radius 1 is 1.50 bits per heavy atom. The highest BCUT2D eigenvalue weighted by Crippen LogP contribution is 2.32. The van der Waals surface area contributed by atoms with Crippen molar-refractivity contribution in [1.29, 1.82) is 0 Å². The van der Waals surface area contributed by atoms with E-state index in [1.807, 2.05) is 25.3 Å². The molecular weight excluding hydrogens is 268 g/mol. The SMILES string of the molecule is COC(=O)C1=C(C)NC(=S)N[C@@H]1c1sccc1C. The van der Waals surface area contributed by atoms with Crippen LogP contribution in [0.4, 0.5) is 0 Å². The van der Waals surface area contributed by atoms with Gasteiger partial charge in [0.15, 0.2) is 5.11 Å². The van der Waals surface area contributed by atoms with Crippen LogP contribution < -0.4 is 10.6 Å². The molecule has 2 rings (SSSR count). The van der Waals surface area contributed by atoms with Crippen LogP contribution >= 0.6 is 23.6 Å². The Morgan fingerprint density at radius 3 is 2.78 bits per heavy atom. The quantitative estimate of drug-likeness (QED) is 0.642. The Balaban J connectivity index is 2.49. The second-order valence-corrected chi connectivity index (χ2v) is 5.39. The lowest BCUT2D eigenvalue weighted by Crippen LogP contribution is -2.45. The second kappa shape index (κ2) is 5.07. The number of ether oxygens (including phenoxy) is 1. The molecule has 1 aromatic rings. The van der Waals surface area contributed by atoms with Crippen LogP contribution in [0.25, 0.3) is 0 Å². The highest BCUT2D eigenvalue weighted by Gasteiger charge is 2.31. The summed E-state index contributed by atoms with van der Waals surface area (Å²) in [7, 11) is 1.38. The number of carbonyl (C=O) groups excluding carboxylic acids is 1. The molecule has 6 heteroatoms. The third-order valence-corrected chi connectivity index (χ3v) is 4.14. The van der Waals surface area contributed by atoms with E-state index < -0.39 is 0 Å². The summed E-state index contributed by atoms with van der Waals surface area (Å²) in [5.74, 6) is -0.340. The minimum atomic E-state index is -0.340. The van der Waals surface area contributed by atoms with Gasteiger partial charge in [0.1, 0.15) is 0 Å². The van der Waals surface area contributed by atoms with Crippen molar-refractivity contribution in [3.05, 3.63) is 33.2 Å². The van der Waals surface area contributed by atoms with E-state index in [9.17, 15) is 4.79 Å². The first-order chi connectivity index (χ1) is 8.54. The van der Waals surface area contributed by atoms with Crippen molar-refractivity contribution in [2.24, 2.45) is 0 Å². The lowest BCUT2D eigenvalue weighted by atomic mass is 10.00. The standard InChI is InChI=1S/C12H14N2O2S2/c1-6-4-5-18-10(6)9-8(11(15)16-3)7(2)13-12(17)14-9/h4-5,9H,1-3H3,(H2,13,14,17)/t9-/m0/s1. The average molecular weight is 282 g/mol. The second-order valence-electron chi connectivity index (χ2n) is 4.03. The smallest absolute Gasteiger partial charge is 0.337 e. The van der Waals surface area contributed by atoms with E-state index in [1.54, 1.807) is 11.3 Å². The van der Waals surface area contributed by atoms with E-state index in [2.05, 4.69) is 10.6 Å². The summed E-state index contributed by atoms with van der Waals surface area (Å²) < 4.78 is 4.85. The van der Waals surface area contributed by atoms with Gasteiger partial charge >= 0.3 is 5.97 Å². The molecule has 0 bridgehead atoms. The molecule has 2 heterocycles. The molecule has 0 amide bonds. The highest BCUT2D eigenvalue weighted by atomic mass is 32.1. The summed E-state index contributed by atoms with van der Waals surface area (Å²) in [5, 5.41) is 8.61. The lowest BCUT2D eigenvalue weighted by molar-refractivity contribution is -0.136. The summed E-state index contributed by atoms with van der Waals surface area (Å²) in [6.45, 7) is 3.85. The molecule has 0 saturated carbocycles. The summed E-state index contributed by atoms with van der Waals surface area (Å²) in [6, 6.07) is 1.79. The molecule has 0 aromatic carbocycles. The lowest BCUT2D eigenvalue weighted by Gasteiger charge is -2.29. The van der Waals surface area contributed by atoms with Crippen molar-refractivity contribution in [2.45, 2.75) is 19.9 Å². The molecule has 0 saturated heterocycles. The molecule has 0 fully saturated rings. The number of methoxy groups -OCH3 is 1. The molecule has 96 valence electrons. The summed E-state index contributed by atoms with van der Waals surface area (Å²) in [5.41, 5.74) is 2.46. The van der Waals surface area contributed by atoms with Gasteiger partial charge in [0.25, 0.3) is 0 Å². The number of rotatable bonds is 2.